The largest absolute Gasteiger partial charge is 0.497 e. The number of pyridine rings is 1. The lowest BCUT2D eigenvalue weighted by Crippen LogP contribution is -2.30. The van der Waals surface area contributed by atoms with Gasteiger partial charge in [-0.2, -0.15) is 0 Å². The van der Waals surface area contributed by atoms with Gasteiger partial charge in [-0.15, -0.1) is 0 Å². The molecule has 6 heteroatoms. The molecule has 6 nitrogen and oxygen atoms in total. The average Bonchev–Trinajstić information content (AvgIpc) is 3.66. The van der Waals surface area contributed by atoms with Gasteiger partial charge in [0.15, 0.2) is 6.61 Å². The van der Waals surface area contributed by atoms with Crippen molar-refractivity contribution in [3.05, 3.63) is 70.9 Å². The number of para-hydroxylation sites is 1. The first-order valence-electron chi connectivity index (χ1n) is 11.4. The summed E-state index contributed by atoms with van der Waals surface area (Å²) in [6, 6.07) is 15.7. The summed E-state index contributed by atoms with van der Waals surface area (Å²) in [6.07, 6.45) is 6.64. The zero-order valence-electron chi connectivity index (χ0n) is 18.6. The van der Waals surface area contributed by atoms with Gasteiger partial charge in [-0.25, -0.2) is 9.78 Å². The molecular formula is C27H26N2O4. The summed E-state index contributed by atoms with van der Waals surface area (Å²) in [4.78, 5) is 30.2. The zero-order valence-corrected chi connectivity index (χ0v) is 18.6. The lowest BCUT2D eigenvalue weighted by atomic mass is 9.86. The first kappa shape index (κ1) is 21.2. The number of methoxy groups -OCH3 is 1. The minimum absolute atomic E-state index is 0.233. The van der Waals surface area contributed by atoms with E-state index in [4.69, 9.17) is 14.5 Å². The summed E-state index contributed by atoms with van der Waals surface area (Å²) in [6.45, 7) is -0.269. The first-order chi connectivity index (χ1) is 16.1. The number of aromatic nitrogens is 1. The molecule has 0 spiro atoms. The molecule has 2 aliphatic rings. The fourth-order valence-corrected chi connectivity index (χ4v) is 4.31. The topological polar surface area (TPSA) is 77.5 Å². The maximum Gasteiger partial charge on any atom is 0.339 e. The number of fused-ring (bicyclic) bond motifs is 2. The number of carbonyl (C=O) groups is 2. The highest BCUT2D eigenvalue weighted by Crippen LogP contribution is 2.36. The Morgan fingerprint density at radius 2 is 1.88 bits per heavy atom. The molecule has 33 heavy (non-hydrogen) atoms. The number of nitrogens with zero attached hydrogens (tertiary/aromatic N) is 1. The Hall–Kier alpha value is -3.67. The van der Waals surface area contributed by atoms with Crippen LogP contribution in [0.5, 0.6) is 5.75 Å². The molecule has 1 amide bonds. The lowest BCUT2D eigenvalue weighted by molar-refractivity contribution is -0.124. The number of hydrogen-bond acceptors (Lipinski definition) is 5. The number of rotatable bonds is 6. The Morgan fingerprint density at radius 3 is 2.64 bits per heavy atom. The van der Waals surface area contributed by atoms with Crippen LogP contribution in [-0.4, -0.2) is 36.6 Å². The van der Waals surface area contributed by atoms with Crippen LogP contribution in [0.15, 0.2) is 48.5 Å². The third-order valence-electron chi connectivity index (χ3n) is 6.11. The minimum Gasteiger partial charge on any atom is -0.497 e. The van der Waals surface area contributed by atoms with Crippen LogP contribution in [0.25, 0.3) is 22.6 Å². The van der Waals surface area contributed by atoms with Crippen molar-refractivity contribution in [2.75, 3.05) is 13.7 Å². The Labute approximate surface area is 192 Å². The second-order valence-corrected chi connectivity index (χ2v) is 8.55. The quantitative estimate of drug-likeness (QED) is 0.567. The van der Waals surface area contributed by atoms with E-state index in [1.807, 2.05) is 48.5 Å². The molecule has 0 radical (unpaired) electrons. The number of allylic oxidation sites excluding steroid dienone is 1. The van der Waals surface area contributed by atoms with E-state index in [0.717, 1.165) is 71.2 Å². The van der Waals surface area contributed by atoms with E-state index in [1.165, 1.54) is 0 Å². The van der Waals surface area contributed by atoms with Crippen LogP contribution in [0.4, 0.5) is 0 Å². The number of esters is 1. The SMILES string of the molecule is COc1ccc(/C=C2\CCCc3c2nc2ccccc2c3C(=O)OCC(=O)NC2CC2)cc1. The van der Waals surface area contributed by atoms with Crippen molar-refractivity contribution >= 4 is 34.4 Å². The van der Waals surface area contributed by atoms with Crippen LogP contribution in [0, 0.1) is 0 Å². The highest BCUT2D eigenvalue weighted by atomic mass is 16.5. The molecule has 2 aromatic carbocycles. The number of ether oxygens (including phenoxy) is 2. The van der Waals surface area contributed by atoms with Crippen LogP contribution < -0.4 is 10.1 Å². The number of benzene rings is 2. The van der Waals surface area contributed by atoms with Crippen LogP contribution in [-0.2, 0) is 16.0 Å². The minimum atomic E-state index is -0.471. The van der Waals surface area contributed by atoms with Gasteiger partial charge in [0.25, 0.3) is 5.91 Å². The van der Waals surface area contributed by atoms with Gasteiger partial charge in [-0.1, -0.05) is 30.3 Å². The molecule has 168 valence electrons. The highest BCUT2D eigenvalue weighted by Gasteiger charge is 2.27. The van der Waals surface area contributed by atoms with Crippen molar-refractivity contribution in [3.63, 3.8) is 0 Å². The molecule has 1 saturated carbocycles. The van der Waals surface area contributed by atoms with Gasteiger partial charge in [0.05, 0.1) is 23.9 Å². The maximum absolute atomic E-state index is 13.2. The third-order valence-corrected chi connectivity index (χ3v) is 6.11. The zero-order chi connectivity index (χ0) is 22.8. The lowest BCUT2D eigenvalue weighted by Gasteiger charge is -2.22. The van der Waals surface area contributed by atoms with Crippen molar-refractivity contribution in [1.29, 1.82) is 0 Å². The van der Waals surface area contributed by atoms with Gasteiger partial charge >= 0.3 is 5.97 Å². The Bertz CT molecular complexity index is 1240. The summed E-state index contributed by atoms with van der Waals surface area (Å²) >= 11 is 0. The van der Waals surface area contributed by atoms with Crippen LogP contribution in [0.2, 0.25) is 0 Å². The molecular weight excluding hydrogens is 416 g/mol. The molecule has 0 atom stereocenters. The van der Waals surface area contributed by atoms with Gasteiger partial charge in [0.1, 0.15) is 5.75 Å². The van der Waals surface area contributed by atoms with Gasteiger partial charge < -0.3 is 14.8 Å². The van der Waals surface area contributed by atoms with Crippen molar-refractivity contribution in [1.82, 2.24) is 10.3 Å². The number of nitrogens with one attached hydrogen (secondary N) is 1. The van der Waals surface area contributed by atoms with Crippen molar-refractivity contribution in [2.45, 2.75) is 38.1 Å². The van der Waals surface area contributed by atoms with Crippen LogP contribution in [0.3, 0.4) is 0 Å². The van der Waals surface area contributed by atoms with E-state index in [9.17, 15) is 9.59 Å². The molecule has 2 aliphatic carbocycles. The van der Waals surface area contributed by atoms with Crippen molar-refractivity contribution < 1.29 is 19.1 Å². The van der Waals surface area contributed by atoms with Gasteiger partial charge in [-0.3, -0.25) is 4.79 Å². The predicted molar refractivity (Wildman–Crippen MR) is 127 cm³/mol. The van der Waals surface area contributed by atoms with E-state index in [2.05, 4.69) is 11.4 Å². The van der Waals surface area contributed by atoms with E-state index in [-0.39, 0.29) is 18.6 Å². The monoisotopic (exact) mass is 442 g/mol. The molecule has 1 heterocycles. The normalized spacial score (nSPS) is 16.3. The molecule has 1 N–H and O–H groups in total. The highest BCUT2D eigenvalue weighted by molar-refractivity contribution is 6.07. The van der Waals surface area contributed by atoms with Crippen molar-refractivity contribution in [3.8, 4) is 5.75 Å². The summed E-state index contributed by atoms with van der Waals surface area (Å²) in [5, 5.41) is 3.61. The number of amides is 1. The van der Waals surface area contributed by atoms with Gasteiger partial charge in [0.2, 0.25) is 0 Å². The van der Waals surface area contributed by atoms with Crippen LogP contribution >= 0.6 is 0 Å². The maximum atomic E-state index is 13.2. The van der Waals surface area contributed by atoms with E-state index in [1.54, 1.807) is 7.11 Å². The van der Waals surface area contributed by atoms with Gasteiger partial charge in [0, 0.05) is 11.4 Å². The molecule has 0 saturated heterocycles. The molecule has 1 fully saturated rings. The molecule has 3 aromatic rings. The summed E-state index contributed by atoms with van der Waals surface area (Å²) < 4.78 is 10.7. The molecule has 1 aromatic heterocycles. The Kier molecular flexibility index (Phi) is 5.82. The van der Waals surface area contributed by atoms with Crippen LogP contribution in [0.1, 0.15) is 52.9 Å². The van der Waals surface area contributed by atoms with Crippen molar-refractivity contribution in [2.24, 2.45) is 0 Å². The summed E-state index contributed by atoms with van der Waals surface area (Å²) in [5.74, 6) is 0.0840. The van der Waals surface area contributed by atoms with E-state index in [0.29, 0.717) is 5.56 Å². The summed E-state index contributed by atoms with van der Waals surface area (Å²) in [7, 11) is 1.65. The Morgan fingerprint density at radius 1 is 1.09 bits per heavy atom. The molecule has 0 bridgehead atoms. The second-order valence-electron chi connectivity index (χ2n) is 8.55. The smallest absolute Gasteiger partial charge is 0.339 e. The fraction of sp³-hybridized carbons (Fsp3) is 0.296. The third kappa shape index (κ3) is 4.60. The Balaban J connectivity index is 1.51. The van der Waals surface area contributed by atoms with E-state index >= 15 is 0 Å². The van der Waals surface area contributed by atoms with Gasteiger partial charge in [-0.05, 0) is 73.1 Å². The summed E-state index contributed by atoms with van der Waals surface area (Å²) in [5.41, 5.74) is 5.14. The first-order valence-corrected chi connectivity index (χ1v) is 11.4. The standard InChI is InChI=1S/C27H26N2O4/c1-32-20-13-9-17(10-14-20)15-18-5-4-7-22-25(21-6-2-3-8-23(21)29-26(18)22)27(31)33-16-24(30)28-19-11-12-19/h2-3,6,8-10,13-15,19H,4-5,7,11-12,16H2,1H3,(H,28,30)/b18-15+. The van der Waals surface area contributed by atoms with E-state index < -0.39 is 5.97 Å². The second kappa shape index (κ2) is 9.06. The predicted octanol–water partition coefficient (Wildman–Crippen LogP) is 4.56. The number of hydrogen-bond donors (Lipinski definition) is 1. The number of carbonyl (C=O) groups excluding carboxylic acids is 2. The average molecular weight is 443 g/mol. The fourth-order valence-electron chi connectivity index (χ4n) is 4.31. The molecule has 0 unspecified atom stereocenters. The molecule has 5 rings (SSSR count). The molecule has 0 aliphatic heterocycles.